The normalized spacial score (nSPS) is 14.9. The molecule has 1 saturated heterocycles. The first kappa shape index (κ1) is 21.4. The van der Waals surface area contributed by atoms with Gasteiger partial charge < -0.3 is 10.1 Å². The Hall–Kier alpha value is -2.35. The van der Waals surface area contributed by atoms with E-state index >= 15 is 0 Å². The van der Waals surface area contributed by atoms with E-state index in [1.807, 2.05) is 12.1 Å². The zero-order valence-corrected chi connectivity index (χ0v) is 17.5. The summed E-state index contributed by atoms with van der Waals surface area (Å²) in [5.41, 5.74) is 0.879. The van der Waals surface area contributed by atoms with Crippen molar-refractivity contribution in [2.24, 2.45) is 0 Å². The summed E-state index contributed by atoms with van der Waals surface area (Å²) in [7, 11) is -3.42. The number of hydrogen-bond acceptors (Lipinski definition) is 4. The predicted molar refractivity (Wildman–Crippen MR) is 113 cm³/mol. The summed E-state index contributed by atoms with van der Waals surface area (Å²) in [6.45, 7) is 1.76. The number of nitrogens with zero attached hydrogens (tertiary/aromatic N) is 1. The maximum atomic E-state index is 12.5. The second-order valence-corrected chi connectivity index (χ2v) is 8.98. The van der Waals surface area contributed by atoms with E-state index in [1.54, 1.807) is 42.5 Å². The van der Waals surface area contributed by atoms with E-state index in [9.17, 15) is 13.2 Å². The van der Waals surface area contributed by atoms with Crippen LogP contribution < -0.4 is 10.1 Å². The molecule has 1 fully saturated rings. The number of carbonyl (C=O) groups excluding carboxylic acids is 1. The molecule has 1 amide bonds. The topological polar surface area (TPSA) is 75.7 Å². The monoisotopic (exact) mass is 434 g/mol. The van der Waals surface area contributed by atoms with Crippen LogP contribution in [-0.2, 0) is 14.8 Å². The van der Waals surface area contributed by atoms with Crippen molar-refractivity contribution in [2.45, 2.75) is 17.7 Å². The van der Waals surface area contributed by atoms with E-state index in [4.69, 9.17) is 16.3 Å². The Labute approximate surface area is 176 Å². The molecule has 0 radical (unpaired) electrons. The molecule has 154 valence electrons. The number of carbonyl (C=O) groups is 1. The molecule has 29 heavy (non-hydrogen) atoms. The number of benzene rings is 2. The lowest BCUT2D eigenvalue weighted by atomic mass is 10.2. The van der Waals surface area contributed by atoms with Crippen LogP contribution in [0.25, 0.3) is 6.08 Å². The predicted octanol–water partition coefficient (Wildman–Crippen LogP) is 3.33. The fourth-order valence-electron chi connectivity index (χ4n) is 2.93. The van der Waals surface area contributed by atoms with Gasteiger partial charge in [-0.2, -0.15) is 4.31 Å². The van der Waals surface area contributed by atoms with Crippen LogP contribution in [0.3, 0.4) is 0 Å². The van der Waals surface area contributed by atoms with E-state index in [0.717, 1.165) is 18.4 Å². The maximum Gasteiger partial charge on any atom is 0.244 e. The summed E-state index contributed by atoms with van der Waals surface area (Å²) < 4.78 is 32.0. The van der Waals surface area contributed by atoms with Crippen molar-refractivity contribution in [3.8, 4) is 5.75 Å². The van der Waals surface area contributed by atoms with Crippen molar-refractivity contribution in [2.75, 3.05) is 26.2 Å². The average molecular weight is 435 g/mol. The highest BCUT2D eigenvalue weighted by Crippen LogP contribution is 2.22. The van der Waals surface area contributed by atoms with Crippen LogP contribution in [0, 0.1) is 0 Å². The van der Waals surface area contributed by atoms with Crippen molar-refractivity contribution in [3.05, 3.63) is 65.2 Å². The fourth-order valence-corrected chi connectivity index (χ4v) is 4.58. The van der Waals surface area contributed by atoms with Gasteiger partial charge in [-0.15, -0.1) is 0 Å². The van der Waals surface area contributed by atoms with Gasteiger partial charge in [0.05, 0.1) is 11.4 Å². The van der Waals surface area contributed by atoms with Gasteiger partial charge in [0.1, 0.15) is 12.4 Å². The minimum atomic E-state index is -3.42. The minimum absolute atomic E-state index is 0.226. The molecule has 0 atom stereocenters. The van der Waals surface area contributed by atoms with Crippen molar-refractivity contribution in [1.29, 1.82) is 0 Å². The molecule has 6 nitrogen and oxygen atoms in total. The molecule has 0 aromatic heterocycles. The van der Waals surface area contributed by atoms with Crippen molar-refractivity contribution < 1.29 is 17.9 Å². The molecule has 0 bridgehead atoms. The van der Waals surface area contributed by atoms with Crippen LogP contribution in [0.2, 0.25) is 5.02 Å². The molecule has 8 heteroatoms. The van der Waals surface area contributed by atoms with Gasteiger partial charge in [0.25, 0.3) is 0 Å². The van der Waals surface area contributed by atoms with Gasteiger partial charge in [0.15, 0.2) is 0 Å². The largest absolute Gasteiger partial charge is 0.492 e. The molecule has 0 aliphatic carbocycles. The quantitative estimate of drug-likeness (QED) is 0.510. The molecule has 1 aliphatic heterocycles. The smallest absolute Gasteiger partial charge is 0.244 e. The molecule has 1 N–H and O–H groups in total. The Kier molecular flexibility index (Phi) is 7.30. The summed E-state index contributed by atoms with van der Waals surface area (Å²) in [4.78, 5) is 12.1. The lowest BCUT2D eigenvalue weighted by Crippen LogP contribution is -2.27. The first-order chi connectivity index (χ1) is 13.9. The number of ether oxygens (including phenoxy) is 1. The van der Waals surface area contributed by atoms with Gasteiger partial charge in [-0.25, -0.2) is 8.42 Å². The second-order valence-electron chi connectivity index (χ2n) is 6.61. The molecule has 3 rings (SSSR count). The lowest BCUT2D eigenvalue weighted by Gasteiger charge is -2.15. The number of sulfonamides is 1. The first-order valence-electron chi connectivity index (χ1n) is 9.40. The van der Waals surface area contributed by atoms with Crippen LogP contribution in [-0.4, -0.2) is 44.9 Å². The number of halogens is 1. The number of amides is 1. The standard InChI is InChI=1S/C21H23ClN2O4S/c22-18-6-3-17(4-7-18)5-12-21(25)23-13-16-28-19-8-10-20(11-9-19)29(26,27)24-14-1-2-15-24/h3-12H,1-2,13-16H2,(H,23,25)/b12-5+. The molecule has 1 heterocycles. The third-order valence-electron chi connectivity index (χ3n) is 4.49. The highest BCUT2D eigenvalue weighted by molar-refractivity contribution is 7.89. The van der Waals surface area contributed by atoms with Gasteiger partial charge in [-0.05, 0) is 60.9 Å². The molecule has 2 aromatic carbocycles. The van der Waals surface area contributed by atoms with Gasteiger partial charge in [-0.3, -0.25) is 4.79 Å². The van der Waals surface area contributed by atoms with E-state index < -0.39 is 10.0 Å². The summed E-state index contributed by atoms with van der Waals surface area (Å²) in [6, 6.07) is 13.5. The molecular weight excluding hydrogens is 412 g/mol. The Bertz CT molecular complexity index is 951. The Morgan fingerprint density at radius 2 is 1.72 bits per heavy atom. The average Bonchev–Trinajstić information content (AvgIpc) is 3.27. The zero-order valence-electron chi connectivity index (χ0n) is 15.9. The Morgan fingerprint density at radius 1 is 1.07 bits per heavy atom. The third kappa shape index (κ3) is 6.06. The highest BCUT2D eigenvalue weighted by atomic mass is 35.5. The van der Waals surface area contributed by atoms with E-state index in [-0.39, 0.29) is 17.4 Å². The van der Waals surface area contributed by atoms with Crippen molar-refractivity contribution in [1.82, 2.24) is 9.62 Å². The number of rotatable bonds is 8. The molecule has 2 aromatic rings. The number of nitrogens with one attached hydrogen (secondary N) is 1. The third-order valence-corrected chi connectivity index (χ3v) is 6.66. The summed E-state index contributed by atoms with van der Waals surface area (Å²) in [5.74, 6) is 0.326. The SMILES string of the molecule is O=C(/C=C/c1ccc(Cl)cc1)NCCOc1ccc(S(=O)(=O)N2CCCC2)cc1. The lowest BCUT2D eigenvalue weighted by molar-refractivity contribution is -0.116. The number of hydrogen-bond donors (Lipinski definition) is 1. The Balaban J connectivity index is 1.42. The first-order valence-corrected chi connectivity index (χ1v) is 11.2. The van der Waals surface area contributed by atoms with Gasteiger partial charge in [0.2, 0.25) is 15.9 Å². The fraction of sp³-hybridized carbons (Fsp3) is 0.286. The second kappa shape index (κ2) is 9.91. The van der Waals surface area contributed by atoms with Crippen LogP contribution in [0.15, 0.2) is 59.5 Å². The van der Waals surface area contributed by atoms with Crippen molar-refractivity contribution in [3.63, 3.8) is 0 Å². The van der Waals surface area contributed by atoms with Crippen LogP contribution in [0.4, 0.5) is 0 Å². The van der Waals surface area contributed by atoms with Gasteiger partial charge >= 0.3 is 0 Å². The van der Waals surface area contributed by atoms with Crippen LogP contribution >= 0.6 is 11.6 Å². The minimum Gasteiger partial charge on any atom is -0.492 e. The van der Waals surface area contributed by atoms with E-state index in [2.05, 4.69) is 5.32 Å². The van der Waals surface area contributed by atoms with Gasteiger partial charge in [0, 0.05) is 24.2 Å². The summed E-state index contributed by atoms with van der Waals surface area (Å²) in [5, 5.41) is 3.37. The molecule has 0 spiro atoms. The molecule has 1 aliphatic rings. The molecule has 0 unspecified atom stereocenters. The highest BCUT2D eigenvalue weighted by Gasteiger charge is 2.26. The van der Waals surface area contributed by atoms with Crippen molar-refractivity contribution >= 4 is 33.6 Å². The molecule has 0 saturated carbocycles. The Morgan fingerprint density at radius 3 is 2.38 bits per heavy atom. The zero-order chi connectivity index (χ0) is 20.7. The maximum absolute atomic E-state index is 12.5. The van der Waals surface area contributed by atoms with Gasteiger partial charge in [-0.1, -0.05) is 23.7 Å². The van der Waals surface area contributed by atoms with Crippen LogP contribution in [0.1, 0.15) is 18.4 Å². The summed E-state index contributed by atoms with van der Waals surface area (Å²) in [6.07, 6.45) is 4.95. The van der Waals surface area contributed by atoms with E-state index in [0.29, 0.717) is 30.4 Å². The molecular formula is C21H23ClN2O4S. The van der Waals surface area contributed by atoms with E-state index in [1.165, 1.54) is 10.4 Å². The van der Waals surface area contributed by atoms with Crippen LogP contribution in [0.5, 0.6) is 5.75 Å². The summed E-state index contributed by atoms with van der Waals surface area (Å²) >= 11 is 5.82.